The molecule has 1 aliphatic heterocycles. The monoisotopic (exact) mass is 378 g/mol. The molecule has 150 valence electrons. The Kier molecular flexibility index (Phi) is 7.69. The fourth-order valence-electron chi connectivity index (χ4n) is 3.23. The van der Waals surface area contributed by atoms with Crippen LogP contribution < -0.4 is 10.6 Å². The van der Waals surface area contributed by atoms with Crippen LogP contribution in [0.15, 0.2) is 15.5 Å². The number of hydrogen-bond acceptors (Lipinski definition) is 5. The number of esters is 1. The number of piperidine rings is 1. The molecule has 0 radical (unpaired) electrons. The molecule has 8 heteroatoms. The fraction of sp³-hybridized carbons (Fsp3) is 0.632. The van der Waals surface area contributed by atoms with Gasteiger partial charge in [0.05, 0.1) is 7.11 Å². The van der Waals surface area contributed by atoms with Gasteiger partial charge in [-0.1, -0.05) is 0 Å². The molecular formula is C19H30N4O4. The van der Waals surface area contributed by atoms with Crippen molar-refractivity contribution in [3.05, 3.63) is 23.2 Å². The zero-order valence-electron chi connectivity index (χ0n) is 16.6. The number of nitrogens with one attached hydrogen (secondary N) is 2. The number of nitrogens with zero attached hydrogens (tertiary/aromatic N) is 2. The molecule has 1 amide bonds. The fourth-order valence-corrected chi connectivity index (χ4v) is 3.23. The quantitative estimate of drug-likeness (QED) is 0.444. The molecule has 0 aromatic carbocycles. The van der Waals surface area contributed by atoms with Gasteiger partial charge in [-0.3, -0.25) is 4.79 Å². The third-order valence-corrected chi connectivity index (χ3v) is 4.76. The summed E-state index contributed by atoms with van der Waals surface area (Å²) in [4.78, 5) is 30.1. The zero-order valence-corrected chi connectivity index (χ0v) is 16.6. The normalized spacial score (nSPS) is 15.6. The van der Waals surface area contributed by atoms with Crippen LogP contribution in [0.5, 0.6) is 0 Å². The largest absolute Gasteiger partial charge is 0.465 e. The van der Waals surface area contributed by atoms with Crippen molar-refractivity contribution >= 4 is 17.8 Å². The van der Waals surface area contributed by atoms with Gasteiger partial charge in [-0.25, -0.2) is 9.79 Å². The Balaban J connectivity index is 1.99. The van der Waals surface area contributed by atoms with Gasteiger partial charge in [-0.05, 0) is 38.7 Å². The van der Waals surface area contributed by atoms with E-state index in [2.05, 4.69) is 20.5 Å². The van der Waals surface area contributed by atoms with Crippen LogP contribution in [-0.4, -0.2) is 56.5 Å². The molecule has 1 fully saturated rings. The maximum Gasteiger partial charge on any atom is 0.341 e. The number of amides is 1. The van der Waals surface area contributed by atoms with E-state index in [4.69, 9.17) is 9.15 Å². The number of methoxy groups -OCH3 is 1. The van der Waals surface area contributed by atoms with Crippen LogP contribution in [0.25, 0.3) is 0 Å². The van der Waals surface area contributed by atoms with Crippen LogP contribution in [0.4, 0.5) is 0 Å². The maximum atomic E-state index is 11.7. The Labute approximate surface area is 160 Å². The summed E-state index contributed by atoms with van der Waals surface area (Å²) < 4.78 is 10.4. The average molecular weight is 378 g/mol. The van der Waals surface area contributed by atoms with E-state index in [1.807, 2.05) is 6.92 Å². The number of carbonyl (C=O) groups is 2. The van der Waals surface area contributed by atoms with E-state index in [0.29, 0.717) is 36.0 Å². The number of aliphatic imine (C=N–C) groups is 1. The summed E-state index contributed by atoms with van der Waals surface area (Å²) in [7, 11) is 3.03. The lowest BCUT2D eigenvalue weighted by Crippen LogP contribution is -2.46. The van der Waals surface area contributed by atoms with Gasteiger partial charge in [-0.2, -0.15) is 0 Å². The van der Waals surface area contributed by atoms with Crippen molar-refractivity contribution in [2.24, 2.45) is 10.9 Å². The lowest BCUT2D eigenvalue weighted by molar-refractivity contribution is -0.121. The molecule has 27 heavy (non-hydrogen) atoms. The number of guanidine groups is 1. The predicted octanol–water partition coefficient (Wildman–Crippen LogP) is 1.69. The number of ether oxygens (including phenoxy) is 1. The average Bonchev–Trinajstić information content (AvgIpc) is 3.05. The second-order valence-electron chi connectivity index (χ2n) is 6.65. The number of furan rings is 1. The Morgan fingerprint density at radius 2 is 2.07 bits per heavy atom. The lowest BCUT2D eigenvalue weighted by atomic mass is 9.93. The van der Waals surface area contributed by atoms with E-state index in [0.717, 1.165) is 38.4 Å². The molecule has 0 spiro atoms. The second kappa shape index (κ2) is 9.99. The molecule has 0 unspecified atom stereocenters. The minimum Gasteiger partial charge on any atom is -0.465 e. The molecule has 2 heterocycles. The van der Waals surface area contributed by atoms with E-state index in [-0.39, 0.29) is 5.91 Å². The van der Waals surface area contributed by atoms with E-state index in [9.17, 15) is 9.59 Å². The van der Waals surface area contributed by atoms with Crippen molar-refractivity contribution in [3.63, 3.8) is 0 Å². The van der Waals surface area contributed by atoms with Crippen LogP contribution in [0.3, 0.4) is 0 Å². The summed E-state index contributed by atoms with van der Waals surface area (Å²) in [5.74, 6) is 2.09. The summed E-state index contributed by atoms with van der Waals surface area (Å²) in [5.41, 5.74) is 0.433. The second-order valence-corrected chi connectivity index (χ2v) is 6.65. The van der Waals surface area contributed by atoms with Crippen LogP contribution >= 0.6 is 0 Å². The molecule has 1 aromatic rings. The Hall–Kier alpha value is -2.51. The smallest absolute Gasteiger partial charge is 0.341 e. The maximum absolute atomic E-state index is 11.7. The first-order valence-electron chi connectivity index (χ1n) is 9.39. The summed E-state index contributed by atoms with van der Waals surface area (Å²) in [6.07, 6.45) is 2.51. The molecule has 2 N–H and O–H groups in total. The van der Waals surface area contributed by atoms with E-state index in [1.54, 1.807) is 20.0 Å². The van der Waals surface area contributed by atoms with Gasteiger partial charge < -0.3 is 24.7 Å². The van der Waals surface area contributed by atoms with E-state index >= 15 is 0 Å². The first-order chi connectivity index (χ1) is 13.0. The standard InChI is InChI=1S/C19H30N4O4/c1-5-21-19(23-8-6-14(7-9-23)10-17(24)20-3)22-12-15-11-16(13(2)27-15)18(25)26-4/h11,14H,5-10,12H2,1-4H3,(H,20,24)(H,21,22). The minimum atomic E-state index is -0.406. The van der Waals surface area contributed by atoms with Crippen molar-refractivity contribution < 1.29 is 18.7 Å². The molecule has 8 nitrogen and oxygen atoms in total. The zero-order chi connectivity index (χ0) is 19.8. The number of hydrogen-bond donors (Lipinski definition) is 2. The highest BCUT2D eigenvalue weighted by molar-refractivity contribution is 5.90. The highest BCUT2D eigenvalue weighted by atomic mass is 16.5. The third kappa shape index (κ3) is 5.74. The molecule has 0 bridgehead atoms. The first kappa shape index (κ1) is 20.8. The third-order valence-electron chi connectivity index (χ3n) is 4.76. The van der Waals surface area contributed by atoms with Crippen molar-refractivity contribution in [1.82, 2.24) is 15.5 Å². The molecular weight excluding hydrogens is 348 g/mol. The van der Waals surface area contributed by atoms with Gasteiger partial charge in [0.25, 0.3) is 0 Å². The van der Waals surface area contributed by atoms with Gasteiger partial charge in [0.2, 0.25) is 5.91 Å². The van der Waals surface area contributed by atoms with Crippen LogP contribution in [0.2, 0.25) is 0 Å². The minimum absolute atomic E-state index is 0.101. The Morgan fingerprint density at radius 3 is 2.67 bits per heavy atom. The van der Waals surface area contributed by atoms with Gasteiger partial charge in [0, 0.05) is 33.1 Å². The molecule has 0 atom stereocenters. The summed E-state index contributed by atoms with van der Waals surface area (Å²) in [6, 6.07) is 1.68. The van der Waals surface area contributed by atoms with Gasteiger partial charge in [0.1, 0.15) is 23.6 Å². The first-order valence-corrected chi connectivity index (χ1v) is 9.39. The number of rotatable bonds is 6. The van der Waals surface area contributed by atoms with Crippen LogP contribution in [-0.2, 0) is 16.1 Å². The van der Waals surface area contributed by atoms with Crippen molar-refractivity contribution in [1.29, 1.82) is 0 Å². The molecule has 2 rings (SSSR count). The van der Waals surface area contributed by atoms with E-state index in [1.165, 1.54) is 7.11 Å². The van der Waals surface area contributed by atoms with Gasteiger partial charge in [0.15, 0.2) is 5.96 Å². The molecule has 0 aliphatic carbocycles. The van der Waals surface area contributed by atoms with Crippen LogP contribution in [0.1, 0.15) is 48.1 Å². The van der Waals surface area contributed by atoms with Crippen LogP contribution in [0, 0.1) is 12.8 Å². The molecule has 1 saturated heterocycles. The van der Waals surface area contributed by atoms with Crippen molar-refractivity contribution in [2.45, 2.75) is 39.7 Å². The summed E-state index contributed by atoms with van der Waals surface area (Å²) in [6.45, 7) is 6.60. The molecule has 1 aromatic heterocycles. The highest BCUT2D eigenvalue weighted by Gasteiger charge is 2.23. The van der Waals surface area contributed by atoms with Crippen molar-refractivity contribution in [3.8, 4) is 0 Å². The number of aryl methyl sites for hydroxylation is 1. The number of carbonyl (C=O) groups excluding carboxylic acids is 2. The van der Waals surface area contributed by atoms with Gasteiger partial charge >= 0.3 is 5.97 Å². The van der Waals surface area contributed by atoms with Crippen molar-refractivity contribution in [2.75, 3.05) is 33.8 Å². The van der Waals surface area contributed by atoms with Gasteiger partial charge in [-0.15, -0.1) is 0 Å². The Morgan fingerprint density at radius 1 is 1.37 bits per heavy atom. The summed E-state index contributed by atoms with van der Waals surface area (Å²) in [5, 5.41) is 6.00. The Bertz CT molecular complexity index is 675. The molecule has 0 saturated carbocycles. The SMILES string of the molecule is CCNC(=NCc1cc(C(=O)OC)c(C)o1)N1CCC(CC(=O)NC)CC1. The topological polar surface area (TPSA) is 96.2 Å². The highest BCUT2D eigenvalue weighted by Crippen LogP contribution is 2.21. The summed E-state index contributed by atoms with van der Waals surface area (Å²) >= 11 is 0. The molecule has 1 aliphatic rings. The predicted molar refractivity (Wildman–Crippen MR) is 103 cm³/mol. The lowest BCUT2D eigenvalue weighted by Gasteiger charge is -2.34. The number of likely N-dealkylation sites (tertiary alicyclic amines) is 1. The van der Waals surface area contributed by atoms with E-state index < -0.39 is 5.97 Å².